The zero-order valence-electron chi connectivity index (χ0n) is 9.85. The number of benzene rings is 1. The molecular formula is C13H16N2O2. The van der Waals surface area contributed by atoms with Crippen molar-refractivity contribution in [3.8, 4) is 0 Å². The van der Waals surface area contributed by atoms with Crippen molar-refractivity contribution in [2.24, 2.45) is 0 Å². The molecule has 2 atom stereocenters. The Balaban J connectivity index is 1.80. The number of oxazole rings is 1. The maximum Gasteiger partial charge on any atom is 0.295 e. The molecule has 0 bridgehead atoms. The third-order valence-electron chi connectivity index (χ3n) is 3.36. The van der Waals surface area contributed by atoms with E-state index < -0.39 is 0 Å². The molecular weight excluding hydrogens is 216 g/mol. The third kappa shape index (κ3) is 2.00. The second-order valence-electron chi connectivity index (χ2n) is 4.44. The van der Waals surface area contributed by atoms with Crippen molar-refractivity contribution >= 4 is 17.1 Å². The number of anilines is 1. The number of fused-ring (bicyclic) bond motifs is 1. The number of rotatable bonds is 3. The van der Waals surface area contributed by atoms with Gasteiger partial charge in [0, 0.05) is 7.11 Å². The fraction of sp³-hybridized carbons (Fsp3) is 0.462. The van der Waals surface area contributed by atoms with Crippen molar-refractivity contribution in [2.75, 3.05) is 12.4 Å². The minimum Gasteiger partial charge on any atom is -0.424 e. The maximum absolute atomic E-state index is 5.65. The highest BCUT2D eigenvalue weighted by molar-refractivity contribution is 5.74. The van der Waals surface area contributed by atoms with E-state index >= 15 is 0 Å². The highest BCUT2D eigenvalue weighted by Crippen LogP contribution is 2.26. The van der Waals surface area contributed by atoms with E-state index in [-0.39, 0.29) is 6.10 Å². The SMILES string of the molecule is CO[C@@H]1CCC[C@H]1Nc1nc2ccccc2o1. The van der Waals surface area contributed by atoms with Crippen LogP contribution >= 0.6 is 0 Å². The van der Waals surface area contributed by atoms with E-state index in [1.165, 1.54) is 6.42 Å². The summed E-state index contributed by atoms with van der Waals surface area (Å²) in [5.74, 6) is 0. The molecule has 0 unspecified atom stereocenters. The number of nitrogens with one attached hydrogen (secondary N) is 1. The van der Waals surface area contributed by atoms with Crippen molar-refractivity contribution < 1.29 is 9.15 Å². The van der Waals surface area contributed by atoms with Gasteiger partial charge in [-0.1, -0.05) is 12.1 Å². The first-order valence-electron chi connectivity index (χ1n) is 6.02. The summed E-state index contributed by atoms with van der Waals surface area (Å²) < 4.78 is 11.1. The summed E-state index contributed by atoms with van der Waals surface area (Å²) in [5, 5.41) is 3.33. The zero-order valence-corrected chi connectivity index (χ0v) is 9.85. The summed E-state index contributed by atoms with van der Waals surface area (Å²) in [6.07, 6.45) is 3.67. The minimum atomic E-state index is 0.269. The van der Waals surface area contributed by atoms with Crippen LogP contribution < -0.4 is 5.32 Å². The topological polar surface area (TPSA) is 47.3 Å². The Labute approximate surface area is 100.0 Å². The number of aromatic nitrogens is 1. The highest BCUT2D eigenvalue weighted by atomic mass is 16.5. The van der Waals surface area contributed by atoms with Crippen molar-refractivity contribution in [3.05, 3.63) is 24.3 Å². The molecule has 4 heteroatoms. The third-order valence-corrected chi connectivity index (χ3v) is 3.36. The fourth-order valence-electron chi connectivity index (χ4n) is 2.47. The van der Waals surface area contributed by atoms with Gasteiger partial charge in [-0.3, -0.25) is 0 Å². The van der Waals surface area contributed by atoms with Gasteiger partial charge in [0.2, 0.25) is 0 Å². The van der Waals surface area contributed by atoms with Gasteiger partial charge in [-0.05, 0) is 31.4 Å². The lowest BCUT2D eigenvalue weighted by Gasteiger charge is -2.18. The number of hydrogen-bond donors (Lipinski definition) is 1. The first kappa shape index (κ1) is 10.6. The molecule has 0 aliphatic heterocycles. The Hall–Kier alpha value is -1.55. The summed E-state index contributed by atoms with van der Waals surface area (Å²) in [6.45, 7) is 0. The molecule has 0 radical (unpaired) electrons. The molecule has 17 heavy (non-hydrogen) atoms. The lowest BCUT2D eigenvalue weighted by molar-refractivity contribution is 0.100. The Bertz CT molecular complexity index is 476. The lowest BCUT2D eigenvalue weighted by atomic mass is 10.2. The number of ether oxygens (including phenoxy) is 1. The van der Waals surface area contributed by atoms with Crippen LogP contribution in [0.5, 0.6) is 0 Å². The lowest BCUT2D eigenvalue weighted by Crippen LogP contribution is -2.29. The van der Waals surface area contributed by atoms with Crippen LogP contribution in [0, 0.1) is 0 Å². The maximum atomic E-state index is 5.65. The standard InChI is InChI=1S/C13H16N2O2/c1-16-11-8-4-6-9(11)14-13-15-10-5-2-3-7-12(10)17-13/h2-3,5,7,9,11H,4,6,8H2,1H3,(H,14,15)/t9-,11-/m1/s1. The summed E-state index contributed by atoms with van der Waals surface area (Å²) in [6, 6.07) is 8.70. The minimum absolute atomic E-state index is 0.269. The summed E-state index contributed by atoms with van der Waals surface area (Å²) >= 11 is 0. The molecule has 1 saturated carbocycles. The molecule has 2 aromatic rings. The molecule has 0 amide bonds. The van der Waals surface area contributed by atoms with Crippen molar-refractivity contribution in [3.63, 3.8) is 0 Å². The molecule has 1 aliphatic carbocycles. The van der Waals surface area contributed by atoms with Crippen molar-refractivity contribution in [2.45, 2.75) is 31.4 Å². The van der Waals surface area contributed by atoms with Crippen LogP contribution in [0.3, 0.4) is 0 Å². The van der Waals surface area contributed by atoms with Crippen molar-refractivity contribution in [1.29, 1.82) is 0 Å². The normalized spacial score (nSPS) is 24.3. The molecule has 1 aromatic heterocycles. The Morgan fingerprint density at radius 2 is 2.24 bits per heavy atom. The molecule has 1 aromatic carbocycles. The second kappa shape index (κ2) is 4.37. The van der Waals surface area contributed by atoms with E-state index in [0.717, 1.165) is 23.9 Å². The number of methoxy groups -OCH3 is 1. The van der Waals surface area contributed by atoms with Crippen LogP contribution in [-0.2, 0) is 4.74 Å². The van der Waals surface area contributed by atoms with Gasteiger partial charge in [-0.15, -0.1) is 0 Å². The quantitative estimate of drug-likeness (QED) is 0.884. The van der Waals surface area contributed by atoms with Gasteiger partial charge in [0.1, 0.15) is 5.52 Å². The number of hydrogen-bond acceptors (Lipinski definition) is 4. The first-order valence-corrected chi connectivity index (χ1v) is 6.02. The van der Waals surface area contributed by atoms with E-state index in [1.54, 1.807) is 7.11 Å². The van der Waals surface area contributed by atoms with Gasteiger partial charge in [0.25, 0.3) is 6.01 Å². The molecule has 1 heterocycles. The molecule has 1 aliphatic rings. The van der Waals surface area contributed by atoms with E-state index in [9.17, 15) is 0 Å². The van der Waals surface area contributed by atoms with E-state index in [1.807, 2.05) is 24.3 Å². The predicted octanol–water partition coefficient (Wildman–Crippen LogP) is 2.81. The zero-order chi connectivity index (χ0) is 11.7. The average molecular weight is 232 g/mol. The van der Waals surface area contributed by atoms with E-state index in [4.69, 9.17) is 9.15 Å². The van der Waals surface area contributed by atoms with Crippen LogP contribution in [0.25, 0.3) is 11.1 Å². The van der Waals surface area contributed by atoms with Crippen LogP contribution in [0.4, 0.5) is 6.01 Å². The molecule has 1 N–H and O–H groups in total. The monoisotopic (exact) mass is 232 g/mol. The average Bonchev–Trinajstić information content (AvgIpc) is 2.94. The van der Waals surface area contributed by atoms with Gasteiger partial charge in [-0.25, -0.2) is 0 Å². The number of nitrogens with zero attached hydrogens (tertiary/aromatic N) is 1. The Kier molecular flexibility index (Phi) is 2.73. The predicted molar refractivity (Wildman–Crippen MR) is 66.1 cm³/mol. The second-order valence-corrected chi connectivity index (χ2v) is 4.44. The van der Waals surface area contributed by atoms with Crippen LogP contribution in [-0.4, -0.2) is 24.2 Å². The molecule has 90 valence electrons. The summed E-state index contributed by atoms with van der Waals surface area (Å²) in [5.41, 5.74) is 1.71. The molecule has 0 saturated heterocycles. The Morgan fingerprint density at radius 3 is 3.06 bits per heavy atom. The van der Waals surface area contributed by atoms with E-state index in [0.29, 0.717) is 12.1 Å². The number of para-hydroxylation sites is 2. The van der Waals surface area contributed by atoms with E-state index in [2.05, 4.69) is 10.3 Å². The van der Waals surface area contributed by atoms with Crippen LogP contribution in [0.15, 0.2) is 28.7 Å². The molecule has 3 rings (SSSR count). The smallest absolute Gasteiger partial charge is 0.295 e. The Morgan fingerprint density at radius 1 is 1.35 bits per heavy atom. The summed E-state index contributed by atoms with van der Waals surface area (Å²) in [4.78, 5) is 4.41. The largest absolute Gasteiger partial charge is 0.424 e. The molecule has 1 fully saturated rings. The van der Waals surface area contributed by atoms with Gasteiger partial charge < -0.3 is 14.5 Å². The van der Waals surface area contributed by atoms with Crippen molar-refractivity contribution in [1.82, 2.24) is 4.98 Å². The molecule has 0 spiro atoms. The van der Waals surface area contributed by atoms with Crippen LogP contribution in [0.2, 0.25) is 0 Å². The molecule has 4 nitrogen and oxygen atoms in total. The van der Waals surface area contributed by atoms with Gasteiger partial charge in [-0.2, -0.15) is 4.98 Å². The van der Waals surface area contributed by atoms with Gasteiger partial charge in [0.05, 0.1) is 12.1 Å². The van der Waals surface area contributed by atoms with Gasteiger partial charge in [0.15, 0.2) is 5.58 Å². The summed E-state index contributed by atoms with van der Waals surface area (Å²) in [7, 11) is 1.76. The first-order chi connectivity index (χ1) is 8.36. The fourth-order valence-corrected chi connectivity index (χ4v) is 2.47. The van der Waals surface area contributed by atoms with Crippen LogP contribution in [0.1, 0.15) is 19.3 Å². The van der Waals surface area contributed by atoms with Gasteiger partial charge >= 0.3 is 0 Å². The highest BCUT2D eigenvalue weighted by Gasteiger charge is 2.28.